The molecule has 0 heterocycles. The molecule has 0 saturated heterocycles. The first-order valence-electron chi connectivity index (χ1n) is 5.49. The first-order valence-corrected chi connectivity index (χ1v) is 5.49. The van der Waals surface area contributed by atoms with Crippen LogP contribution in [0.1, 0.15) is 30.4 Å². The number of carboxylic acid groups (broad SMARTS) is 1. The number of rotatable bonds is 3. The van der Waals surface area contributed by atoms with Crippen molar-refractivity contribution in [3.63, 3.8) is 0 Å². The zero-order valence-corrected chi connectivity index (χ0v) is 9.62. The van der Waals surface area contributed by atoms with Crippen molar-refractivity contribution in [2.24, 2.45) is 0 Å². The van der Waals surface area contributed by atoms with Crippen molar-refractivity contribution in [3.8, 4) is 5.75 Å². The third kappa shape index (κ3) is 1.39. The van der Waals surface area contributed by atoms with E-state index in [0.717, 1.165) is 36.1 Å². The van der Waals surface area contributed by atoms with E-state index in [1.54, 1.807) is 7.11 Å². The molecule has 2 rings (SSSR count). The molecule has 0 spiro atoms. The van der Waals surface area contributed by atoms with Gasteiger partial charge in [0.25, 0.3) is 0 Å². The Morgan fingerprint density at radius 1 is 1.44 bits per heavy atom. The Morgan fingerprint density at radius 2 is 2.12 bits per heavy atom. The van der Waals surface area contributed by atoms with Gasteiger partial charge in [-0.3, -0.25) is 4.79 Å². The van der Waals surface area contributed by atoms with Gasteiger partial charge in [-0.2, -0.15) is 0 Å². The molecule has 3 nitrogen and oxygen atoms in total. The third-order valence-electron chi connectivity index (χ3n) is 3.64. The Hall–Kier alpha value is -1.51. The first-order chi connectivity index (χ1) is 7.62. The summed E-state index contributed by atoms with van der Waals surface area (Å²) in [5, 5.41) is 9.38. The van der Waals surface area contributed by atoms with Crippen molar-refractivity contribution in [2.75, 3.05) is 7.11 Å². The molecule has 1 aromatic rings. The van der Waals surface area contributed by atoms with E-state index in [4.69, 9.17) is 4.74 Å². The van der Waals surface area contributed by atoms with E-state index in [9.17, 15) is 9.90 Å². The number of hydrogen-bond donors (Lipinski definition) is 1. The van der Waals surface area contributed by atoms with Gasteiger partial charge in [0.1, 0.15) is 5.75 Å². The molecule has 3 heteroatoms. The zero-order chi connectivity index (χ0) is 11.8. The van der Waals surface area contributed by atoms with Gasteiger partial charge in [0, 0.05) is 0 Å². The molecule has 0 amide bonds. The predicted octanol–water partition coefficient (Wildman–Crippen LogP) is 2.51. The minimum absolute atomic E-state index is 0.668. The Bertz CT molecular complexity index is 419. The van der Waals surface area contributed by atoms with Crippen LogP contribution in [0.5, 0.6) is 5.75 Å². The summed E-state index contributed by atoms with van der Waals surface area (Å²) < 4.78 is 5.24. The predicted molar refractivity (Wildman–Crippen MR) is 60.9 cm³/mol. The normalized spacial score (nSPS) is 17.6. The number of ether oxygens (including phenoxy) is 1. The van der Waals surface area contributed by atoms with Crippen LogP contribution in [0.2, 0.25) is 0 Å². The second-order valence-electron chi connectivity index (χ2n) is 4.37. The van der Waals surface area contributed by atoms with Crippen LogP contribution in [-0.2, 0) is 10.2 Å². The van der Waals surface area contributed by atoms with Gasteiger partial charge in [-0.05, 0) is 37.0 Å². The molecule has 0 aromatic heterocycles. The quantitative estimate of drug-likeness (QED) is 0.851. The highest BCUT2D eigenvalue weighted by Crippen LogP contribution is 2.46. The van der Waals surface area contributed by atoms with Crippen molar-refractivity contribution in [2.45, 2.75) is 31.6 Å². The molecule has 1 saturated carbocycles. The van der Waals surface area contributed by atoms with Crippen LogP contribution in [0.4, 0.5) is 0 Å². The standard InChI is InChI=1S/C13H16O3/c1-9-10(5-3-6-11(9)16-2)13(12(14)15)7-4-8-13/h3,5-6H,4,7-8H2,1-2H3,(H,14,15). The fourth-order valence-corrected chi connectivity index (χ4v) is 2.48. The highest BCUT2D eigenvalue weighted by Gasteiger charge is 2.46. The number of hydrogen-bond acceptors (Lipinski definition) is 2. The molecule has 1 fully saturated rings. The smallest absolute Gasteiger partial charge is 0.314 e. The average molecular weight is 220 g/mol. The van der Waals surface area contributed by atoms with Crippen LogP contribution < -0.4 is 4.74 Å². The Labute approximate surface area is 95.0 Å². The monoisotopic (exact) mass is 220 g/mol. The molecule has 86 valence electrons. The molecule has 1 aliphatic rings. The van der Waals surface area contributed by atoms with Crippen LogP contribution in [0.3, 0.4) is 0 Å². The van der Waals surface area contributed by atoms with E-state index in [1.165, 1.54) is 0 Å². The van der Waals surface area contributed by atoms with Crippen LogP contribution in [0, 0.1) is 6.92 Å². The van der Waals surface area contributed by atoms with Crippen LogP contribution in [0.15, 0.2) is 18.2 Å². The molecular weight excluding hydrogens is 204 g/mol. The largest absolute Gasteiger partial charge is 0.496 e. The van der Waals surface area contributed by atoms with Gasteiger partial charge in [-0.1, -0.05) is 18.6 Å². The number of carbonyl (C=O) groups is 1. The molecule has 0 unspecified atom stereocenters. The van der Waals surface area contributed by atoms with Gasteiger partial charge >= 0.3 is 5.97 Å². The number of methoxy groups -OCH3 is 1. The fourth-order valence-electron chi connectivity index (χ4n) is 2.48. The molecule has 0 atom stereocenters. The summed E-state index contributed by atoms with van der Waals surface area (Å²) in [5.41, 5.74) is 1.19. The molecule has 1 aliphatic carbocycles. The number of benzene rings is 1. The molecule has 0 radical (unpaired) electrons. The lowest BCUT2D eigenvalue weighted by molar-refractivity contribution is -0.147. The maximum Gasteiger partial charge on any atom is 0.314 e. The van der Waals surface area contributed by atoms with Crippen LogP contribution in [-0.4, -0.2) is 18.2 Å². The van der Waals surface area contributed by atoms with Crippen molar-refractivity contribution in [1.82, 2.24) is 0 Å². The van der Waals surface area contributed by atoms with E-state index in [1.807, 2.05) is 25.1 Å². The molecular formula is C13H16O3. The fraction of sp³-hybridized carbons (Fsp3) is 0.462. The van der Waals surface area contributed by atoms with E-state index in [0.29, 0.717) is 0 Å². The highest BCUT2D eigenvalue weighted by atomic mass is 16.5. The Balaban J connectivity index is 2.51. The first kappa shape index (κ1) is 11.0. The van der Waals surface area contributed by atoms with Crippen molar-refractivity contribution in [1.29, 1.82) is 0 Å². The second-order valence-corrected chi connectivity index (χ2v) is 4.37. The molecule has 0 bridgehead atoms. The van der Waals surface area contributed by atoms with E-state index >= 15 is 0 Å². The SMILES string of the molecule is COc1cccc(C2(C(=O)O)CCC2)c1C. The third-order valence-corrected chi connectivity index (χ3v) is 3.64. The van der Waals surface area contributed by atoms with Gasteiger partial charge in [0.05, 0.1) is 12.5 Å². The Kier molecular flexibility index (Phi) is 2.62. The van der Waals surface area contributed by atoms with E-state index in [2.05, 4.69) is 0 Å². The molecule has 0 aliphatic heterocycles. The lowest BCUT2D eigenvalue weighted by atomic mass is 9.63. The summed E-state index contributed by atoms with van der Waals surface area (Å²) >= 11 is 0. The van der Waals surface area contributed by atoms with Gasteiger partial charge < -0.3 is 9.84 Å². The number of carboxylic acids is 1. The molecule has 1 N–H and O–H groups in total. The molecule has 16 heavy (non-hydrogen) atoms. The maximum atomic E-state index is 11.4. The highest BCUT2D eigenvalue weighted by molar-refractivity contribution is 5.83. The second kappa shape index (κ2) is 3.81. The summed E-state index contributed by atoms with van der Waals surface area (Å²) in [4.78, 5) is 11.4. The topological polar surface area (TPSA) is 46.5 Å². The van der Waals surface area contributed by atoms with Gasteiger partial charge in [-0.15, -0.1) is 0 Å². The lowest BCUT2D eigenvalue weighted by Crippen LogP contribution is -2.42. The summed E-state index contributed by atoms with van der Waals surface area (Å²) in [6, 6.07) is 5.64. The van der Waals surface area contributed by atoms with Crippen molar-refractivity contribution < 1.29 is 14.6 Å². The minimum atomic E-state index is -0.713. The zero-order valence-electron chi connectivity index (χ0n) is 9.62. The summed E-state index contributed by atoms with van der Waals surface area (Å²) in [7, 11) is 1.61. The van der Waals surface area contributed by atoms with Gasteiger partial charge in [0.15, 0.2) is 0 Å². The average Bonchev–Trinajstić information content (AvgIpc) is 2.18. The van der Waals surface area contributed by atoms with Gasteiger partial charge in [0.2, 0.25) is 0 Å². The van der Waals surface area contributed by atoms with Crippen molar-refractivity contribution in [3.05, 3.63) is 29.3 Å². The maximum absolute atomic E-state index is 11.4. The Morgan fingerprint density at radius 3 is 2.56 bits per heavy atom. The van der Waals surface area contributed by atoms with Crippen LogP contribution in [0.25, 0.3) is 0 Å². The van der Waals surface area contributed by atoms with Crippen LogP contribution >= 0.6 is 0 Å². The summed E-state index contributed by atoms with van der Waals surface area (Å²) in [6.45, 7) is 1.93. The minimum Gasteiger partial charge on any atom is -0.496 e. The number of aliphatic carboxylic acids is 1. The molecule has 1 aromatic carbocycles. The summed E-state index contributed by atoms with van der Waals surface area (Å²) in [5.74, 6) is 0.0557. The van der Waals surface area contributed by atoms with E-state index in [-0.39, 0.29) is 0 Å². The van der Waals surface area contributed by atoms with Gasteiger partial charge in [-0.25, -0.2) is 0 Å². The summed E-state index contributed by atoms with van der Waals surface area (Å²) in [6.07, 6.45) is 2.45. The lowest BCUT2D eigenvalue weighted by Gasteiger charge is -2.39. The van der Waals surface area contributed by atoms with Crippen molar-refractivity contribution >= 4 is 5.97 Å². The van der Waals surface area contributed by atoms with E-state index < -0.39 is 11.4 Å².